The molecule has 0 unspecified atom stereocenters. The lowest BCUT2D eigenvalue weighted by molar-refractivity contribution is 0.581. The Morgan fingerprint density at radius 3 is 2.47 bits per heavy atom. The summed E-state index contributed by atoms with van der Waals surface area (Å²) in [6, 6.07) is 12.3. The molecule has 98 valence electrons. The molecule has 0 radical (unpaired) electrons. The molecular formula is C15H18N4. The Labute approximate surface area is 113 Å². The summed E-state index contributed by atoms with van der Waals surface area (Å²) in [5.74, 6) is 1.01. The van der Waals surface area contributed by atoms with E-state index < -0.39 is 0 Å². The van der Waals surface area contributed by atoms with Crippen molar-refractivity contribution in [1.29, 1.82) is 0 Å². The van der Waals surface area contributed by atoms with E-state index in [0.29, 0.717) is 0 Å². The molecule has 1 aromatic carbocycles. The van der Waals surface area contributed by atoms with Gasteiger partial charge < -0.3 is 10.2 Å². The van der Waals surface area contributed by atoms with Crippen molar-refractivity contribution in [2.75, 3.05) is 31.1 Å². The first-order valence-electron chi connectivity index (χ1n) is 6.70. The monoisotopic (exact) mass is 254 g/mol. The first-order chi connectivity index (χ1) is 9.34. The van der Waals surface area contributed by atoms with Crippen LogP contribution in [0.3, 0.4) is 0 Å². The number of rotatable bonds is 2. The molecule has 0 spiro atoms. The van der Waals surface area contributed by atoms with E-state index >= 15 is 0 Å². The van der Waals surface area contributed by atoms with Crippen molar-refractivity contribution in [3.63, 3.8) is 0 Å². The molecule has 1 aromatic heterocycles. The van der Waals surface area contributed by atoms with Gasteiger partial charge >= 0.3 is 0 Å². The van der Waals surface area contributed by atoms with Gasteiger partial charge in [0, 0.05) is 31.7 Å². The molecule has 0 amide bonds. The average Bonchev–Trinajstić information content (AvgIpc) is 2.49. The zero-order valence-electron chi connectivity index (χ0n) is 11.1. The highest BCUT2D eigenvalue weighted by molar-refractivity contribution is 5.61. The molecule has 1 N–H and O–H groups in total. The molecule has 0 saturated carbocycles. The van der Waals surface area contributed by atoms with Gasteiger partial charge in [-0.25, -0.2) is 0 Å². The minimum atomic E-state index is 0.942. The summed E-state index contributed by atoms with van der Waals surface area (Å²) in [4.78, 5) is 2.30. The van der Waals surface area contributed by atoms with E-state index in [9.17, 15) is 0 Å². The van der Waals surface area contributed by atoms with E-state index in [0.717, 1.165) is 43.3 Å². The number of benzene rings is 1. The van der Waals surface area contributed by atoms with E-state index in [1.807, 2.05) is 18.2 Å². The fourth-order valence-corrected chi connectivity index (χ4v) is 2.42. The van der Waals surface area contributed by atoms with Crippen LogP contribution in [-0.2, 0) is 0 Å². The number of aromatic nitrogens is 2. The van der Waals surface area contributed by atoms with Crippen molar-refractivity contribution in [1.82, 2.24) is 15.5 Å². The van der Waals surface area contributed by atoms with Gasteiger partial charge in [0.05, 0.1) is 5.69 Å². The van der Waals surface area contributed by atoms with Crippen molar-refractivity contribution >= 4 is 5.82 Å². The van der Waals surface area contributed by atoms with Gasteiger partial charge in [-0.05, 0) is 18.6 Å². The first kappa shape index (κ1) is 12.1. The Bertz CT molecular complexity index is 547. The van der Waals surface area contributed by atoms with Crippen LogP contribution in [0, 0.1) is 6.92 Å². The van der Waals surface area contributed by atoms with Gasteiger partial charge in [0.2, 0.25) is 0 Å². The number of aryl methyl sites for hydroxylation is 1. The molecule has 4 nitrogen and oxygen atoms in total. The maximum Gasteiger partial charge on any atom is 0.154 e. The summed E-state index contributed by atoms with van der Waals surface area (Å²) in [5.41, 5.74) is 3.25. The van der Waals surface area contributed by atoms with Crippen molar-refractivity contribution in [2.45, 2.75) is 6.92 Å². The smallest absolute Gasteiger partial charge is 0.154 e. The highest BCUT2D eigenvalue weighted by Crippen LogP contribution is 2.22. The largest absolute Gasteiger partial charge is 0.352 e. The second-order valence-corrected chi connectivity index (χ2v) is 4.84. The molecule has 4 heteroatoms. The highest BCUT2D eigenvalue weighted by atomic mass is 15.3. The summed E-state index contributed by atoms with van der Waals surface area (Å²) in [6.07, 6.45) is 0. The molecule has 0 bridgehead atoms. The molecule has 1 saturated heterocycles. The normalized spacial score (nSPS) is 15.5. The van der Waals surface area contributed by atoms with Gasteiger partial charge in [-0.15, -0.1) is 10.2 Å². The van der Waals surface area contributed by atoms with Gasteiger partial charge in [0.15, 0.2) is 5.82 Å². The summed E-state index contributed by atoms with van der Waals surface area (Å²) < 4.78 is 0. The average molecular weight is 254 g/mol. The Balaban J connectivity index is 1.89. The highest BCUT2D eigenvalue weighted by Gasteiger charge is 2.15. The molecule has 0 atom stereocenters. The lowest BCUT2D eigenvalue weighted by Gasteiger charge is -2.29. The lowest BCUT2D eigenvalue weighted by atomic mass is 10.1. The van der Waals surface area contributed by atoms with Crippen molar-refractivity contribution in [3.05, 3.63) is 42.0 Å². The summed E-state index contributed by atoms with van der Waals surface area (Å²) >= 11 is 0. The summed E-state index contributed by atoms with van der Waals surface area (Å²) in [5, 5.41) is 12.2. The van der Waals surface area contributed by atoms with Crippen LogP contribution in [0.25, 0.3) is 11.3 Å². The molecule has 19 heavy (non-hydrogen) atoms. The molecular weight excluding hydrogens is 236 g/mol. The summed E-state index contributed by atoms with van der Waals surface area (Å²) in [7, 11) is 0. The minimum Gasteiger partial charge on any atom is -0.352 e. The fourth-order valence-electron chi connectivity index (χ4n) is 2.42. The van der Waals surface area contributed by atoms with E-state index in [1.165, 1.54) is 5.56 Å². The minimum absolute atomic E-state index is 0.942. The number of hydrogen-bond acceptors (Lipinski definition) is 4. The third-order valence-electron chi connectivity index (χ3n) is 3.44. The van der Waals surface area contributed by atoms with Crippen LogP contribution in [0.4, 0.5) is 5.82 Å². The summed E-state index contributed by atoms with van der Waals surface area (Å²) in [6.45, 7) is 6.14. The van der Waals surface area contributed by atoms with Crippen LogP contribution in [0.2, 0.25) is 0 Å². The number of anilines is 1. The maximum absolute atomic E-state index is 4.43. The van der Waals surface area contributed by atoms with Gasteiger partial charge in [-0.1, -0.05) is 30.3 Å². The van der Waals surface area contributed by atoms with Crippen LogP contribution in [-0.4, -0.2) is 36.4 Å². The number of hydrogen-bond donors (Lipinski definition) is 1. The fraction of sp³-hybridized carbons (Fsp3) is 0.333. The number of nitrogens with zero attached hydrogens (tertiary/aromatic N) is 3. The molecule has 3 rings (SSSR count). The van der Waals surface area contributed by atoms with E-state index in [-0.39, 0.29) is 0 Å². The van der Waals surface area contributed by atoms with Gasteiger partial charge in [-0.2, -0.15) is 0 Å². The van der Waals surface area contributed by atoms with Crippen molar-refractivity contribution in [2.24, 2.45) is 0 Å². The van der Waals surface area contributed by atoms with E-state index in [1.54, 1.807) is 0 Å². The Morgan fingerprint density at radius 2 is 1.79 bits per heavy atom. The molecule has 0 aliphatic carbocycles. The van der Waals surface area contributed by atoms with E-state index in [2.05, 4.69) is 45.5 Å². The van der Waals surface area contributed by atoms with Crippen LogP contribution < -0.4 is 10.2 Å². The number of piperazine rings is 1. The second kappa shape index (κ2) is 5.36. The number of nitrogens with one attached hydrogen (secondary N) is 1. The predicted molar refractivity (Wildman–Crippen MR) is 77.3 cm³/mol. The quantitative estimate of drug-likeness (QED) is 0.888. The Hall–Kier alpha value is -1.94. The van der Waals surface area contributed by atoms with E-state index in [4.69, 9.17) is 0 Å². The Morgan fingerprint density at radius 1 is 1.05 bits per heavy atom. The zero-order chi connectivity index (χ0) is 13.1. The topological polar surface area (TPSA) is 41.1 Å². The third kappa shape index (κ3) is 2.58. The lowest BCUT2D eigenvalue weighted by Crippen LogP contribution is -2.44. The zero-order valence-corrected chi connectivity index (χ0v) is 11.1. The molecule has 2 aromatic rings. The van der Waals surface area contributed by atoms with Gasteiger partial charge in [-0.3, -0.25) is 0 Å². The van der Waals surface area contributed by atoms with Crippen LogP contribution in [0.15, 0.2) is 36.4 Å². The van der Waals surface area contributed by atoms with Crippen LogP contribution >= 0.6 is 0 Å². The SMILES string of the molecule is Cc1cc(-c2ccccc2)nnc1N1CCNCC1. The maximum atomic E-state index is 4.43. The second-order valence-electron chi connectivity index (χ2n) is 4.84. The first-order valence-corrected chi connectivity index (χ1v) is 6.70. The molecule has 1 fully saturated rings. The van der Waals surface area contributed by atoms with Crippen molar-refractivity contribution in [3.8, 4) is 11.3 Å². The molecule has 1 aliphatic rings. The standard InChI is InChI=1S/C15H18N4/c1-12-11-14(13-5-3-2-4-6-13)17-18-15(12)19-9-7-16-8-10-19/h2-6,11,16H,7-10H2,1H3. The third-order valence-corrected chi connectivity index (χ3v) is 3.44. The predicted octanol–water partition coefficient (Wildman–Crippen LogP) is 1.86. The molecule has 1 aliphatic heterocycles. The van der Waals surface area contributed by atoms with Gasteiger partial charge in [0.25, 0.3) is 0 Å². The van der Waals surface area contributed by atoms with Crippen molar-refractivity contribution < 1.29 is 0 Å². The van der Waals surface area contributed by atoms with Gasteiger partial charge in [0.1, 0.15) is 0 Å². The molecule has 2 heterocycles. The Kier molecular flexibility index (Phi) is 3.42. The van der Waals surface area contributed by atoms with Crippen LogP contribution in [0.5, 0.6) is 0 Å². The van der Waals surface area contributed by atoms with Crippen LogP contribution in [0.1, 0.15) is 5.56 Å².